The van der Waals surface area contributed by atoms with Gasteiger partial charge in [0.1, 0.15) is 0 Å². The summed E-state index contributed by atoms with van der Waals surface area (Å²) >= 11 is 0. The van der Waals surface area contributed by atoms with Crippen LogP contribution in [0.25, 0.3) is 0 Å². The van der Waals surface area contributed by atoms with E-state index in [1.807, 2.05) is 0 Å². The Labute approximate surface area is 115 Å². The Morgan fingerprint density at radius 1 is 1.25 bits per heavy atom. The second-order valence-electron chi connectivity index (χ2n) is 4.80. The van der Waals surface area contributed by atoms with E-state index >= 15 is 0 Å². The first-order chi connectivity index (χ1) is 9.25. The SMILES string of the molecule is NCC(Nc1ccc(S(=O)(=O)C(F)(F)F)cc1)C1CC1. The third-order valence-electron chi connectivity index (χ3n) is 3.27. The second-order valence-corrected chi connectivity index (χ2v) is 6.74. The highest BCUT2D eigenvalue weighted by atomic mass is 32.2. The summed E-state index contributed by atoms with van der Waals surface area (Å²) in [6.07, 6.45) is 2.16. The molecule has 0 saturated heterocycles. The van der Waals surface area contributed by atoms with Gasteiger partial charge in [-0.2, -0.15) is 13.2 Å². The van der Waals surface area contributed by atoms with Crippen molar-refractivity contribution in [3.05, 3.63) is 24.3 Å². The fourth-order valence-electron chi connectivity index (χ4n) is 1.95. The highest BCUT2D eigenvalue weighted by molar-refractivity contribution is 7.92. The first kappa shape index (κ1) is 15.1. The number of alkyl halides is 3. The molecular formula is C12H15F3N2O2S. The normalized spacial score (nSPS) is 17.8. The van der Waals surface area contributed by atoms with Crippen LogP contribution in [0.3, 0.4) is 0 Å². The van der Waals surface area contributed by atoms with Crippen molar-refractivity contribution in [3.8, 4) is 0 Å². The summed E-state index contributed by atoms with van der Waals surface area (Å²) in [5.41, 5.74) is 0.892. The average molecular weight is 308 g/mol. The molecule has 1 aliphatic carbocycles. The molecule has 1 unspecified atom stereocenters. The Balaban J connectivity index is 2.14. The summed E-state index contributed by atoms with van der Waals surface area (Å²) in [6.45, 7) is 0.424. The molecule has 0 radical (unpaired) electrons. The molecule has 0 aromatic heterocycles. The van der Waals surface area contributed by atoms with Gasteiger partial charge in [0.15, 0.2) is 0 Å². The van der Waals surface area contributed by atoms with Gasteiger partial charge in [0.25, 0.3) is 9.84 Å². The minimum absolute atomic E-state index is 0.0695. The molecule has 112 valence electrons. The van der Waals surface area contributed by atoms with Gasteiger partial charge in [-0.05, 0) is 43.0 Å². The minimum Gasteiger partial charge on any atom is -0.381 e. The molecule has 8 heteroatoms. The lowest BCUT2D eigenvalue weighted by atomic mass is 10.1. The number of anilines is 1. The molecule has 0 spiro atoms. The van der Waals surface area contributed by atoms with E-state index in [9.17, 15) is 21.6 Å². The standard InChI is InChI=1S/C12H15F3N2O2S/c13-12(14,15)20(18,19)10-5-3-9(4-6-10)17-11(7-16)8-1-2-8/h3-6,8,11,17H,1-2,7,16H2. The van der Waals surface area contributed by atoms with E-state index in [-0.39, 0.29) is 6.04 Å². The first-order valence-electron chi connectivity index (χ1n) is 6.13. The first-order valence-corrected chi connectivity index (χ1v) is 7.62. The molecule has 0 bridgehead atoms. The predicted octanol–water partition coefficient (Wildman–Crippen LogP) is 2.13. The van der Waals surface area contributed by atoms with E-state index in [0.29, 0.717) is 18.2 Å². The third kappa shape index (κ3) is 3.06. The van der Waals surface area contributed by atoms with Gasteiger partial charge in [-0.25, -0.2) is 8.42 Å². The zero-order valence-corrected chi connectivity index (χ0v) is 11.3. The molecule has 1 atom stereocenters. The summed E-state index contributed by atoms with van der Waals surface area (Å²) in [4.78, 5) is -0.758. The van der Waals surface area contributed by atoms with Crippen molar-refractivity contribution in [2.75, 3.05) is 11.9 Å². The molecule has 1 aromatic rings. The monoisotopic (exact) mass is 308 g/mol. The molecule has 20 heavy (non-hydrogen) atoms. The van der Waals surface area contributed by atoms with Gasteiger partial charge >= 0.3 is 5.51 Å². The summed E-state index contributed by atoms with van der Waals surface area (Å²) in [7, 11) is -5.28. The van der Waals surface area contributed by atoms with Crippen LogP contribution in [0.1, 0.15) is 12.8 Å². The Hall–Kier alpha value is -1.28. The quantitative estimate of drug-likeness (QED) is 0.874. The van der Waals surface area contributed by atoms with Gasteiger partial charge in [0.2, 0.25) is 0 Å². The highest BCUT2D eigenvalue weighted by Gasteiger charge is 2.46. The van der Waals surface area contributed by atoms with E-state index in [1.165, 1.54) is 12.1 Å². The second kappa shape index (κ2) is 5.25. The number of halogens is 3. The summed E-state index contributed by atoms with van der Waals surface area (Å²) in [5.74, 6) is 0.485. The lowest BCUT2D eigenvalue weighted by Crippen LogP contribution is -2.30. The van der Waals surface area contributed by atoms with Crippen molar-refractivity contribution in [3.63, 3.8) is 0 Å². The van der Waals surface area contributed by atoms with E-state index in [1.54, 1.807) is 0 Å². The number of sulfone groups is 1. The molecule has 1 fully saturated rings. The number of hydrogen-bond donors (Lipinski definition) is 2. The van der Waals surface area contributed by atoms with Crippen molar-refractivity contribution in [2.45, 2.75) is 29.3 Å². The Kier molecular flexibility index (Phi) is 3.97. The van der Waals surface area contributed by atoms with Gasteiger partial charge in [0.05, 0.1) is 4.90 Å². The maximum Gasteiger partial charge on any atom is 0.501 e. The number of nitrogens with two attached hydrogens (primary N) is 1. The highest BCUT2D eigenvalue weighted by Crippen LogP contribution is 2.34. The number of nitrogens with one attached hydrogen (secondary N) is 1. The van der Waals surface area contributed by atoms with Crippen molar-refractivity contribution in [2.24, 2.45) is 11.7 Å². The number of benzene rings is 1. The Morgan fingerprint density at radius 3 is 2.20 bits per heavy atom. The third-order valence-corrected chi connectivity index (χ3v) is 4.77. The fourth-order valence-corrected chi connectivity index (χ4v) is 2.71. The van der Waals surface area contributed by atoms with Crippen LogP contribution in [-0.4, -0.2) is 26.5 Å². The summed E-state index contributed by atoms with van der Waals surface area (Å²) < 4.78 is 59.5. The zero-order valence-electron chi connectivity index (χ0n) is 10.5. The van der Waals surface area contributed by atoms with Crippen molar-refractivity contribution in [1.82, 2.24) is 0 Å². The van der Waals surface area contributed by atoms with Gasteiger partial charge in [0, 0.05) is 18.3 Å². The molecular weight excluding hydrogens is 293 g/mol. The van der Waals surface area contributed by atoms with Crippen molar-refractivity contribution >= 4 is 15.5 Å². The maximum absolute atomic E-state index is 12.4. The number of hydrogen-bond acceptors (Lipinski definition) is 4. The van der Waals surface area contributed by atoms with Crippen LogP contribution in [0.15, 0.2) is 29.2 Å². The molecule has 0 heterocycles. The van der Waals surface area contributed by atoms with Crippen molar-refractivity contribution < 1.29 is 21.6 Å². The van der Waals surface area contributed by atoms with Crippen molar-refractivity contribution in [1.29, 1.82) is 0 Å². The maximum atomic E-state index is 12.4. The van der Waals surface area contributed by atoms with E-state index in [4.69, 9.17) is 5.73 Å². The summed E-state index contributed by atoms with van der Waals surface area (Å²) in [5, 5.41) is 3.11. The zero-order chi connectivity index (χ0) is 15.0. The van der Waals surface area contributed by atoms with E-state index < -0.39 is 20.2 Å². The van der Waals surface area contributed by atoms with Gasteiger partial charge < -0.3 is 11.1 Å². The molecule has 1 aliphatic rings. The van der Waals surface area contributed by atoms with E-state index in [2.05, 4.69) is 5.32 Å². The van der Waals surface area contributed by atoms with Gasteiger partial charge in [-0.15, -0.1) is 0 Å². The largest absolute Gasteiger partial charge is 0.501 e. The van der Waals surface area contributed by atoms with Crippen LogP contribution in [0.2, 0.25) is 0 Å². The molecule has 0 aliphatic heterocycles. The molecule has 3 N–H and O–H groups in total. The van der Waals surface area contributed by atoms with E-state index in [0.717, 1.165) is 25.0 Å². The topological polar surface area (TPSA) is 72.2 Å². The van der Waals surface area contributed by atoms with Crippen LogP contribution in [0.5, 0.6) is 0 Å². The summed E-state index contributed by atoms with van der Waals surface area (Å²) in [6, 6.07) is 4.62. The van der Waals surface area contributed by atoms with Crippen LogP contribution in [0.4, 0.5) is 18.9 Å². The van der Waals surface area contributed by atoms with Gasteiger partial charge in [-0.3, -0.25) is 0 Å². The van der Waals surface area contributed by atoms with Gasteiger partial charge in [-0.1, -0.05) is 0 Å². The molecule has 2 rings (SSSR count). The van der Waals surface area contributed by atoms with Crippen LogP contribution >= 0.6 is 0 Å². The minimum atomic E-state index is -5.28. The van der Waals surface area contributed by atoms with Crippen LogP contribution < -0.4 is 11.1 Å². The molecule has 4 nitrogen and oxygen atoms in total. The van der Waals surface area contributed by atoms with Crippen LogP contribution in [-0.2, 0) is 9.84 Å². The lowest BCUT2D eigenvalue weighted by molar-refractivity contribution is -0.0436. The molecule has 0 amide bonds. The fraction of sp³-hybridized carbons (Fsp3) is 0.500. The lowest BCUT2D eigenvalue weighted by Gasteiger charge is -2.17. The van der Waals surface area contributed by atoms with Crippen LogP contribution in [0, 0.1) is 5.92 Å². The Morgan fingerprint density at radius 2 is 1.80 bits per heavy atom. The smallest absolute Gasteiger partial charge is 0.381 e. The predicted molar refractivity (Wildman–Crippen MR) is 68.9 cm³/mol. The molecule has 1 saturated carbocycles. The molecule has 1 aromatic carbocycles. The average Bonchev–Trinajstić information content (AvgIpc) is 3.19. The number of rotatable bonds is 5. The Bertz CT molecular complexity index is 565.